The van der Waals surface area contributed by atoms with E-state index in [0.717, 1.165) is 25.3 Å². The first-order chi connectivity index (χ1) is 8.79. The van der Waals surface area contributed by atoms with Crippen molar-refractivity contribution < 1.29 is 22.3 Å². The topological polar surface area (TPSA) is 86.5 Å². The Kier molecular flexibility index (Phi) is 3.60. The Morgan fingerprint density at radius 1 is 1.42 bits per heavy atom. The first-order valence-electron chi connectivity index (χ1n) is 5.83. The third-order valence-corrected chi connectivity index (χ3v) is 4.00. The van der Waals surface area contributed by atoms with Crippen molar-refractivity contribution in [1.29, 1.82) is 0 Å². The van der Waals surface area contributed by atoms with Gasteiger partial charge in [-0.05, 0) is 43.9 Å². The van der Waals surface area contributed by atoms with Crippen LogP contribution in [0.4, 0.5) is 4.39 Å². The minimum Gasteiger partial charge on any atom is -0.459 e. The van der Waals surface area contributed by atoms with E-state index in [0.29, 0.717) is 0 Å². The molecule has 0 saturated heterocycles. The van der Waals surface area contributed by atoms with Gasteiger partial charge in [-0.3, -0.25) is 0 Å². The summed E-state index contributed by atoms with van der Waals surface area (Å²) in [5.74, 6) is -1.60. The summed E-state index contributed by atoms with van der Waals surface area (Å²) in [5.41, 5.74) is 0.0295. The van der Waals surface area contributed by atoms with Gasteiger partial charge in [0.1, 0.15) is 16.8 Å². The Hall–Kier alpha value is -1.47. The third-order valence-electron chi connectivity index (χ3n) is 3.09. The minimum absolute atomic E-state index is 0.00479. The molecule has 2 rings (SSSR count). The number of hydrogen-bond donors (Lipinski definition) is 1. The number of benzene rings is 1. The molecule has 0 spiro atoms. The van der Waals surface area contributed by atoms with Crippen LogP contribution >= 0.6 is 0 Å². The maximum Gasteiger partial charge on any atom is 0.338 e. The van der Waals surface area contributed by atoms with Crippen molar-refractivity contribution in [3.05, 3.63) is 29.1 Å². The van der Waals surface area contributed by atoms with Crippen molar-refractivity contribution in [3.63, 3.8) is 0 Å². The lowest BCUT2D eigenvalue weighted by molar-refractivity contribution is 0.00896. The fourth-order valence-corrected chi connectivity index (χ4v) is 2.47. The van der Waals surface area contributed by atoms with Crippen LogP contribution < -0.4 is 5.14 Å². The van der Waals surface area contributed by atoms with Crippen LogP contribution in [0.5, 0.6) is 0 Å². The lowest BCUT2D eigenvalue weighted by Crippen LogP contribution is -2.25. The smallest absolute Gasteiger partial charge is 0.338 e. The number of ether oxygens (including phenoxy) is 1. The predicted molar refractivity (Wildman–Crippen MR) is 65.6 cm³/mol. The molecule has 2 N–H and O–H groups in total. The van der Waals surface area contributed by atoms with E-state index in [2.05, 4.69) is 0 Å². The molecule has 0 unspecified atom stereocenters. The van der Waals surface area contributed by atoms with Crippen LogP contribution in [-0.4, -0.2) is 20.5 Å². The summed E-state index contributed by atoms with van der Waals surface area (Å²) in [6.45, 7) is 1.37. The number of hydrogen-bond acceptors (Lipinski definition) is 4. The van der Waals surface area contributed by atoms with Gasteiger partial charge >= 0.3 is 5.97 Å². The molecule has 1 saturated carbocycles. The second-order valence-electron chi connectivity index (χ2n) is 4.61. The van der Waals surface area contributed by atoms with Gasteiger partial charge in [0.05, 0.1) is 5.56 Å². The van der Waals surface area contributed by atoms with Gasteiger partial charge < -0.3 is 4.74 Å². The number of carbonyl (C=O) groups excluding carboxylic acids is 1. The van der Waals surface area contributed by atoms with Crippen molar-refractivity contribution >= 4 is 16.0 Å². The van der Waals surface area contributed by atoms with E-state index in [1.54, 1.807) is 0 Å². The largest absolute Gasteiger partial charge is 0.459 e. The predicted octanol–water partition coefficient (Wildman–Crippen LogP) is 1.49. The van der Waals surface area contributed by atoms with Gasteiger partial charge in [0.2, 0.25) is 10.0 Å². The standard InChI is InChI=1S/C12H14FNO4S/c1-7-5-8(12(15)18-9-3-2-4-9)6-10(11(7)13)19(14,16)17/h5-6,9H,2-4H2,1H3,(H2,14,16,17). The van der Waals surface area contributed by atoms with Crippen molar-refractivity contribution in [1.82, 2.24) is 0 Å². The molecule has 0 aliphatic heterocycles. The maximum absolute atomic E-state index is 13.7. The van der Waals surface area contributed by atoms with E-state index >= 15 is 0 Å². The fraction of sp³-hybridized carbons (Fsp3) is 0.417. The first-order valence-corrected chi connectivity index (χ1v) is 7.37. The van der Waals surface area contributed by atoms with E-state index in [9.17, 15) is 17.6 Å². The molecular formula is C12H14FNO4S. The van der Waals surface area contributed by atoms with E-state index in [4.69, 9.17) is 9.88 Å². The Morgan fingerprint density at radius 2 is 2.05 bits per heavy atom. The summed E-state index contributed by atoms with van der Waals surface area (Å²) in [4.78, 5) is 11.1. The van der Waals surface area contributed by atoms with Crippen LogP contribution in [-0.2, 0) is 14.8 Å². The molecule has 104 valence electrons. The van der Waals surface area contributed by atoms with Gasteiger partial charge in [-0.1, -0.05) is 0 Å². The number of aryl methyl sites for hydroxylation is 1. The molecule has 0 aromatic heterocycles. The monoisotopic (exact) mass is 287 g/mol. The number of halogens is 1. The number of esters is 1. The Balaban J connectivity index is 2.36. The van der Waals surface area contributed by atoms with E-state index in [1.165, 1.54) is 13.0 Å². The molecule has 1 aliphatic carbocycles. The second-order valence-corrected chi connectivity index (χ2v) is 6.14. The first kappa shape index (κ1) is 14.0. The molecule has 7 heteroatoms. The lowest BCUT2D eigenvalue weighted by atomic mass is 9.96. The number of primary sulfonamides is 1. The summed E-state index contributed by atoms with van der Waals surface area (Å²) in [6.07, 6.45) is 2.47. The quantitative estimate of drug-likeness (QED) is 0.853. The summed E-state index contributed by atoms with van der Waals surface area (Å²) >= 11 is 0. The summed E-state index contributed by atoms with van der Waals surface area (Å²) in [5, 5.41) is 4.91. The second kappa shape index (κ2) is 4.90. The molecule has 0 heterocycles. The minimum atomic E-state index is -4.21. The molecule has 0 amide bonds. The SMILES string of the molecule is Cc1cc(C(=O)OC2CCC2)cc(S(N)(=O)=O)c1F. The number of nitrogens with two attached hydrogens (primary N) is 1. The van der Waals surface area contributed by atoms with Gasteiger partial charge in [-0.15, -0.1) is 0 Å². The van der Waals surface area contributed by atoms with Gasteiger partial charge in [-0.2, -0.15) is 0 Å². The van der Waals surface area contributed by atoms with Crippen LogP contribution in [0.3, 0.4) is 0 Å². The highest BCUT2D eigenvalue weighted by molar-refractivity contribution is 7.89. The summed E-state index contributed by atoms with van der Waals surface area (Å²) in [6, 6.07) is 2.17. The van der Waals surface area contributed by atoms with Gasteiger partial charge in [0.15, 0.2) is 0 Å². The van der Waals surface area contributed by atoms with E-state index in [-0.39, 0.29) is 17.2 Å². The molecular weight excluding hydrogens is 273 g/mol. The average molecular weight is 287 g/mol. The maximum atomic E-state index is 13.7. The zero-order chi connectivity index (χ0) is 14.2. The zero-order valence-electron chi connectivity index (χ0n) is 10.3. The Bertz CT molecular complexity index is 623. The van der Waals surface area contributed by atoms with Crippen molar-refractivity contribution in [2.24, 2.45) is 5.14 Å². The Labute approximate surface area is 110 Å². The molecule has 0 atom stereocenters. The van der Waals surface area contributed by atoms with Crippen LogP contribution in [0.2, 0.25) is 0 Å². The van der Waals surface area contributed by atoms with Crippen molar-refractivity contribution in [2.75, 3.05) is 0 Å². The molecule has 0 radical (unpaired) electrons. The highest BCUT2D eigenvalue weighted by Crippen LogP contribution is 2.25. The van der Waals surface area contributed by atoms with Gasteiger partial charge in [0, 0.05) is 0 Å². The zero-order valence-corrected chi connectivity index (χ0v) is 11.2. The Morgan fingerprint density at radius 3 is 2.53 bits per heavy atom. The molecule has 19 heavy (non-hydrogen) atoms. The molecule has 1 aromatic carbocycles. The van der Waals surface area contributed by atoms with Crippen LogP contribution in [0, 0.1) is 12.7 Å². The lowest BCUT2D eigenvalue weighted by Gasteiger charge is -2.25. The third kappa shape index (κ3) is 2.93. The number of sulfonamides is 1. The molecule has 1 aliphatic rings. The summed E-state index contributed by atoms with van der Waals surface area (Å²) < 4.78 is 41.3. The van der Waals surface area contributed by atoms with Crippen molar-refractivity contribution in [2.45, 2.75) is 37.2 Å². The molecule has 0 bridgehead atoms. The van der Waals surface area contributed by atoms with E-state index < -0.39 is 26.7 Å². The molecule has 5 nitrogen and oxygen atoms in total. The van der Waals surface area contributed by atoms with Gasteiger partial charge in [-0.25, -0.2) is 22.7 Å². The van der Waals surface area contributed by atoms with E-state index in [1.807, 2.05) is 0 Å². The fourth-order valence-electron chi connectivity index (χ4n) is 1.77. The van der Waals surface area contributed by atoms with Crippen LogP contribution in [0.25, 0.3) is 0 Å². The highest BCUT2D eigenvalue weighted by atomic mass is 32.2. The summed E-state index contributed by atoms with van der Waals surface area (Å²) in [7, 11) is -4.21. The highest BCUT2D eigenvalue weighted by Gasteiger charge is 2.25. The number of carbonyl (C=O) groups is 1. The van der Waals surface area contributed by atoms with Crippen molar-refractivity contribution in [3.8, 4) is 0 Å². The molecule has 1 aromatic rings. The normalized spacial score (nSPS) is 15.9. The number of rotatable bonds is 3. The average Bonchev–Trinajstić information content (AvgIpc) is 2.25. The van der Waals surface area contributed by atoms with Crippen LogP contribution in [0.1, 0.15) is 35.2 Å². The van der Waals surface area contributed by atoms with Crippen LogP contribution in [0.15, 0.2) is 17.0 Å². The van der Waals surface area contributed by atoms with Gasteiger partial charge in [0.25, 0.3) is 0 Å². The molecule has 1 fully saturated rings.